The third kappa shape index (κ3) is 2.63. The molecule has 1 aliphatic rings. The molecular formula is C17H19FN2O2. The predicted octanol–water partition coefficient (Wildman–Crippen LogP) is 3.32. The van der Waals surface area contributed by atoms with Crippen molar-refractivity contribution in [1.82, 2.24) is 9.88 Å². The largest absolute Gasteiger partial charge is 0.496 e. The lowest BCUT2D eigenvalue weighted by Crippen LogP contribution is -2.36. The topological polar surface area (TPSA) is 42.4 Å². The Hall–Kier alpha value is -2.17. The van der Waals surface area contributed by atoms with Crippen molar-refractivity contribution in [2.45, 2.75) is 26.2 Å². The number of nitrogens with zero attached hydrogens (tertiary/aromatic N) is 2. The highest BCUT2D eigenvalue weighted by Gasteiger charge is 2.21. The molecule has 22 heavy (non-hydrogen) atoms. The summed E-state index contributed by atoms with van der Waals surface area (Å²) in [6, 6.07) is 4.42. The smallest absolute Gasteiger partial charge is 0.272 e. The number of carbonyl (C=O) groups is 1. The Kier molecular flexibility index (Phi) is 3.96. The number of methoxy groups -OCH3 is 1. The highest BCUT2D eigenvalue weighted by Crippen LogP contribution is 2.29. The summed E-state index contributed by atoms with van der Waals surface area (Å²) in [6.45, 7) is 3.32. The number of likely N-dealkylation sites (tertiary alicyclic amines) is 1. The molecule has 1 aromatic carbocycles. The second kappa shape index (κ2) is 5.91. The Balaban J connectivity index is 2.09. The fraction of sp³-hybridized carbons (Fsp3) is 0.412. The van der Waals surface area contributed by atoms with Gasteiger partial charge >= 0.3 is 0 Å². The molecule has 1 aliphatic heterocycles. The Morgan fingerprint density at radius 1 is 1.23 bits per heavy atom. The van der Waals surface area contributed by atoms with Gasteiger partial charge in [-0.05, 0) is 43.9 Å². The summed E-state index contributed by atoms with van der Waals surface area (Å²) in [6.07, 6.45) is 3.22. The lowest BCUT2D eigenvalue weighted by Gasteiger charge is -2.26. The number of pyridine rings is 1. The quantitative estimate of drug-likeness (QED) is 0.854. The van der Waals surface area contributed by atoms with Crippen LogP contribution in [0.1, 0.15) is 35.3 Å². The summed E-state index contributed by atoms with van der Waals surface area (Å²) < 4.78 is 18.9. The zero-order chi connectivity index (χ0) is 15.7. The Morgan fingerprint density at radius 2 is 1.95 bits per heavy atom. The molecule has 1 amide bonds. The van der Waals surface area contributed by atoms with Crippen molar-refractivity contribution in [3.05, 3.63) is 35.3 Å². The van der Waals surface area contributed by atoms with E-state index in [1.165, 1.54) is 19.2 Å². The van der Waals surface area contributed by atoms with Crippen LogP contribution in [0.4, 0.5) is 4.39 Å². The van der Waals surface area contributed by atoms with Gasteiger partial charge in [-0.25, -0.2) is 9.37 Å². The van der Waals surface area contributed by atoms with Crippen LogP contribution in [0.3, 0.4) is 0 Å². The highest BCUT2D eigenvalue weighted by atomic mass is 19.1. The van der Waals surface area contributed by atoms with E-state index in [1.807, 2.05) is 4.90 Å². The van der Waals surface area contributed by atoms with Crippen LogP contribution < -0.4 is 4.74 Å². The fourth-order valence-corrected chi connectivity index (χ4v) is 2.96. The van der Waals surface area contributed by atoms with Crippen molar-refractivity contribution in [3.63, 3.8) is 0 Å². The molecule has 0 aliphatic carbocycles. The summed E-state index contributed by atoms with van der Waals surface area (Å²) in [5.41, 5.74) is 1.67. The van der Waals surface area contributed by atoms with E-state index in [-0.39, 0.29) is 11.7 Å². The van der Waals surface area contributed by atoms with Gasteiger partial charge in [-0.15, -0.1) is 0 Å². The summed E-state index contributed by atoms with van der Waals surface area (Å²) >= 11 is 0. The second-order valence-corrected chi connectivity index (χ2v) is 5.68. The fourth-order valence-electron chi connectivity index (χ4n) is 2.96. The van der Waals surface area contributed by atoms with Crippen molar-refractivity contribution in [1.29, 1.82) is 0 Å². The minimum absolute atomic E-state index is 0.0800. The van der Waals surface area contributed by atoms with Gasteiger partial charge in [-0.2, -0.15) is 0 Å². The first kappa shape index (κ1) is 14.8. The van der Waals surface area contributed by atoms with E-state index in [2.05, 4.69) is 4.98 Å². The number of aryl methyl sites for hydroxylation is 1. The SMILES string of the molecule is COc1cc(C(=O)N2CCCCC2)nc2c(C)cc(F)cc12. The van der Waals surface area contributed by atoms with Crippen LogP contribution in [0.25, 0.3) is 10.9 Å². The number of piperidine rings is 1. The number of rotatable bonds is 2. The minimum Gasteiger partial charge on any atom is -0.496 e. The van der Waals surface area contributed by atoms with Gasteiger partial charge in [0.25, 0.3) is 5.91 Å². The molecule has 5 heteroatoms. The normalized spacial score (nSPS) is 15.1. The van der Waals surface area contributed by atoms with Crippen LogP contribution >= 0.6 is 0 Å². The zero-order valence-corrected chi connectivity index (χ0v) is 12.9. The molecule has 1 fully saturated rings. The third-order valence-electron chi connectivity index (χ3n) is 4.11. The standard InChI is InChI=1S/C17H19FN2O2/c1-11-8-12(18)9-13-15(22-2)10-14(19-16(11)13)17(21)20-6-4-3-5-7-20/h8-10H,3-7H2,1-2H3. The molecule has 0 unspecified atom stereocenters. The average Bonchev–Trinajstić information content (AvgIpc) is 2.54. The van der Waals surface area contributed by atoms with E-state index in [9.17, 15) is 9.18 Å². The molecule has 1 aromatic heterocycles. The Bertz CT molecular complexity index is 724. The van der Waals surface area contributed by atoms with Gasteiger partial charge in [0, 0.05) is 24.5 Å². The molecule has 2 heterocycles. The van der Waals surface area contributed by atoms with E-state index in [0.29, 0.717) is 27.9 Å². The van der Waals surface area contributed by atoms with Gasteiger partial charge in [0.05, 0.1) is 12.6 Å². The van der Waals surface area contributed by atoms with Crippen molar-refractivity contribution in [2.75, 3.05) is 20.2 Å². The molecule has 116 valence electrons. The van der Waals surface area contributed by atoms with Crippen LogP contribution in [0.15, 0.2) is 18.2 Å². The first-order chi connectivity index (χ1) is 10.6. The Morgan fingerprint density at radius 3 is 2.64 bits per heavy atom. The van der Waals surface area contributed by atoms with Crippen molar-refractivity contribution in [3.8, 4) is 5.75 Å². The molecule has 0 radical (unpaired) electrons. The van der Waals surface area contributed by atoms with E-state index < -0.39 is 0 Å². The lowest BCUT2D eigenvalue weighted by molar-refractivity contribution is 0.0718. The number of aromatic nitrogens is 1. The Labute approximate surface area is 128 Å². The first-order valence-electron chi connectivity index (χ1n) is 7.54. The first-order valence-corrected chi connectivity index (χ1v) is 7.54. The van der Waals surface area contributed by atoms with Gasteiger partial charge in [0.2, 0.25) is 0 Å². The predicted molar refractivity (Wildman–Crippen MR) is 82.7 cm³/mol. The average molecular weight is 302 g/mol. The summed E-state index contributed by atoms with van der Waals surface area (Å²) in [5.74, 6) is 0.0665. The van der Waals surface area contributed by atoms with Crippen LogP contribution in [-0.2, 0) is 0 Å². The molecule has 0 N–H and O–H groups in total. The molecule has 3 rings (SSSR count). The lowest BCUT2D eigenvalue weighted by atomic mass is 10.1. The van der Waals surface area contributed by atoms with Gasteiger partial charge < -0.3 is 9.64 Å². The van der Waals surface area contributed by atoms with Crippen molar-refractivity contribution in [2.24, 2.45) is 0 Å². The van der Waals surface area contributed by atoms with E-state index in [0.717, 1.165) is 32.4 Å². The van der Waals surface area contributed by atoms with Crippen LogP contribution in [-0.4, -0.2) is 36.0 Å². The molecular weight excluding hydrogens is 283 g/mol. The third-order valence-corrected chi connectivity index (χ3v) is 4.11. The molecule has 0 atom stereocenters. The monoisotopic (exact) mass is 302 g/mol. The minimum atomic E-state index is -0.333. The number of fused-ring (bicyclic) bond motifs is 1. The maximum Gasteiger partial charge on any atom is 0.272 e. The molecule has 0 bridgehead atoms. The molecule has 4 nitrogen and oxygen atoms in total. The zero-order valence-electron chi connectivity index (χ0n) is 12.9. The van der Waals surface area contributed by atoms with E-state index in [4.69, 9.17) is 4.74 Å². The number of ether oxygens (including phenoxy) is 1. The second-order valence-electron chi connectivity index (χ2n) is 5.68. The van der Waals surface area contributed by atoms with Gasteiger partial charge in [-0.3, -0.25) is 4.79 Å². The number of hydrogen-bond acceptors (Lipinski definition) is 3. The number of benzene rings is 1. The number of carbonyl (C=O) groups excluding carboxylic acids is 1. The van der Waals surface area contributed by atoms with Gasteiger partial charge in [0.15, 0.2) is 0 Å². The van der Waals surface area contributed by atoms with Crippen LogP contribution in [0.2, 0.25) is 0 Å². The number of hydrogen-bond donors (Lipinski definition) is 0. The molecule has 1 saturated heterocycles. The van der Waals surface area contributed by atoms with Gasteiger partial charge in [0.1, 0.15) is 17.3 Å². The number of halogens is 1. The number of amides is 1. The van der Waals surface area contributed by atoms with Gasteiger partial charge in [-0.1, -0.05) is 0 Å². The van der Waals surface area contributed by atoms with E-state index in [1.54, 1.807) is 13.0 Å². The van der Waals surface area contributed by atoms with E-state index >= 15 is 0 Å². The van der Waals surface area contributed by atoms with Crippen molar-refractivity contribution >= 4 is 16.8 Å². The van der Waals surface area contributed by atoms with Crippen LogP contribution in [0.5, 0.6) is 5.75 Å². The maximum atomic E-state index is 13.6. The molecule has 2 aromatic rings. The summed E-state index contributed by atoms with van der Waals surface area (Å²) in [5, 5.41) is 0.593. The van der Waals surface area contributed by atoms with Crippen molar-refractivity contribution < 1.29 is 13.9 Å². The maximum absolute atomic E-state index is 13.6. The van der Waals surface area contributed by atoms with Crippen LogP contribution in [0, 0.1) is 12.7 Å². The molecule has 0 saturated carbocycles. The highest BCUT2D eigenvalue weighted by molar-refractivity contribution is 5.97. The summed E-state index contributed by atoms with van der Waals surface area (Å²) in [7, 11) is 1.52. The summed E-state index contributed by atoms with van der Waals surface area (Å²) in [4.78, 5) is 18.9. The molecule has 0 spiro atoms.